The van der Waals surface area contributed by atoms with Gasteiger partial charge in [-0.15, -0.1) is 0 Å². The molecule has 0 unspecified atom stereocenters. The summed E-state index contributed by atoms with van der Waals surface area (Å²) < 4.78 is 5.47. The molecule has 0 saturated heterocycles. The topological polar surface area (TPSA) is 68.3 Å². The van der Waals surface area contributed by atoms with Crippen LogP contribution in [0.25, 0.3) is 0 Å². The lowest BCUT2D eigenvalue weighted by atomic mass is 10.1. The van der Waals surface area contributed by atoms with E-state index in [1.807, 2.05) is 0 Å². The van der Waals surface area contributed by atoms with Crippen molar-refractivity contribution in [2.24, 2.45) is 0 Å². The number of anilines is 1. The summed E-state index contributed by atoms with van der Waals surface area (Å²) in [5.74, 6) is -1.16. The number of pyridine rings is 1. The number of nitrogens with one attached hydrogen (secondary N) is 1. The van der Waals surface area contributed by atoms with E-state index >= 15 is 0 Å². The second-order valence-corrected chi connectivity index (χ2v) is 6.45. The Morgan fingerprint density at radius 3 is 2.19 bits per heavy atom. The van der Waals surface area contributed by atoms with Crippen LogP contribution in [0.15, 0.2) is 73.1 Å². The molecule has 0 radical (unpaired) electrons. The van der Waals surface area contributed by atoms with E-state index in [1.165, 1.54) is 24.5 Å². The second kappa shape index (κ2) is 8.66. The van der Waals surface area contributed by atoms with Crippen molar-refractivity contribution in [2.45, 2.75) is 6.10 Å². The summed E-state index contributed by atoms with van der Waals surface area (Å²) in [6.07, 6.45) is 1.80. The molecule has 136 valence electrons. The molecule has 1 atom stereocenters. The number of hydrogen-bond acceptors (Lipinski definition) is 4. The van der Waals surface area contributed by atoms with Gasteiger partial charge in [-0.1, -0.05) is 53.5 Å². The van der Waals surface area contributed by atoms with Crippen LogP contribution >= 0.6 is 23.2 Å². The molecular weight excluding hydrogens is 387 g/mol. The van der Waals surface area contributed by atoms with Crippen LogP contribution in [0.2, 0.25) is 10.0 Å². The van der Waals surface area contributed by atoms with E-state index < -0.39 is 18.0 Å². The molecule has 0 spiro atoms. The molecule has 1 amide bonds. The van der Waals surface area contributed by atoms with Crippen LogP contribution in [0.1, 0.15) is 22.0 Å². The number of carbonyl (C=O) groups excluding carboxylic acids is 2. The minimum absolute atomic E-state index is 0.296. The molecule has 5 nitrogen and oxygen atoms in total. The second-order valence-electron chi connectivity index (χ2n) is 5.58. The van der Waals surface area contributed by atoms with Crippen molar-refractivity contribution in [2.75, 3.05) is 5.32 Å². The minimum Gasteiger partial charge on any atom is -0.444 e. The highest BCUT2D eigenvalue weighted by molar-refractivity contribution is 6.35. The molecule has 1 N–H and O–H groups in total. The van der Waals surface area contributed by atoms with Gasteiger partial charge in [0.15, 0.2) is 0 Å². The van der Waals surface area contributed by atoms with Crippen molar-refractivity contribution < 1.29 is 14.3 Å². The lowest BCUT2D eigenvalue weighted by Gasteiger charge is -2.18. The Labute approximate surface area is 165 Å². The van der Waals surface area contributed by atoms with Gasteiger partial charge in [-0.2, -0.15) is 0 Å². The molecular formula is C20H14Cl2N2O3. The largest absolute Gasteiger partial charge is 0.444 e. The van der Waals surface area contributed by atoms with Crippen LogP contribution in [0, 0.1) is 0 Å². The number of halogens is 2. The number of aromatic nitrogens is 1. The predicted molar refractivity (Wildman–Crippen MR) is 104 cm³/mol. The zero-order chi connectivity index (χ0) is 19.2. The minimum atomic E-state index is -1.15. The first-order chi connectivity index (χ1) is 13.0. The van der Waals surface area contributed by atoms with Crippen LogP contribution in [-0.4, -0.2) is 16.9 Å². The Hall–Kier alpha value is -2.89. The zero-order valence-corrected chi connectivity index (χ0v) is 15.4. The van der Waals surface area contributed by atoms with E-state index in [1.54, 1.807) is 48.5 Å². The molecule has 0 aliphatic rings. The first-order valence-electron chi connectivity index (χ1n) is 7.96. The Balaban J connectivity index is 1.85. The van der Waals surface area contributed by atoms with E-state index in [2.05, 4.69) is 10.3 Å². The third kappa shape index (κ3) is 5.06. The van der Waals surface area contributed by atoms with Crippen molar-refractivity contribution in [1.29, 1.82) is 0 Å². The quantitative estimate of drug-likeness (QED) is 0.616. The molecule has 1 heterocycles. The molecule has 3 aromatic rings. The zero-order valence-electron chi connectivity index (χ0n) is 13.9. The van der Waals surface area contributed by atoms with Gasteiger partial charge in [-0.3, -0.25) is 9.78 Å². The smallest absolute Gasteiger partial charge is 0.339 e. The number of esters is 1. The fourth-order valence-corrected chi connectivity index (χ4v) is 2.92. The summed E-state index contributed by atoms with van der Waals surface area (Å²) in [6, 6.07) is 16.4. The lowest BCUT2D eigenvalue weighted by molar-refractivity contribution is -0.125. The van der Waals surface area contributed by atoms with Crippen molar-refractivity contribution >= 4 is 40.8 Å². The van der Waals surface area contributed by atoms with Gasteiger partial charge in [-0.25, -0.2) is 4.79 Å². The number of hydrogen-bond donors (Lipinski definition) is 1. The molecule has 0 fully saturated rings. The number of carbonyl (C=O) groups is 2. The van der Waals surface area contributed by atoms with Gasteiger partial charge in [0.2, 0.25) is 6.10 Å². The van der Waals surface area contributed by atoms with Crippen LogP contribution in [0.3, 0.4) is 0 Å². The Morgan fingerprint density at radius 1 is 0.926 bits per heavy atom. The lowest BCUT2D eigenvalue weighted by Crippen LogP contribution is -2.26. The maximum Gasteiger partial charge on any atom is 0.339 e. The average molecular weight is 401 g/mol. The third-order valence-corrected chi connectivity index (χ3v) is 4.05. The van der Waals surface area contributed by atoms with Crippen LogP contribution in [0.5, 0.6) is 0 Å². The summed E-state index contributed by atoms with van der Waals surface area (Å²) >= 11 is 11.9. The first kappa shape index (κ1) is 18.9. The molecule has 1 aromatic heterocycles. The number of nitrogens with zero attached hydrogens (tertiary/aromatic N) is 1. The highest BCUT2D eigenvalue weighted by atomic mass is 35.5. The fourth-order valence-electron chi connectivity index (χ4n) is 2.40. The highest BCUT2D eigenvalue weighted by Gasteiger charge is 2.26. The predicted octanol–water partition coefficient (Wildman–Crippen LogP) is 4.93. The Bertz CT molecular complexity index is 930. The average Bonchev–Trinajstić information content (AvgIpc) is 2.66. The van der Waals surface area contributed by atoms with E-state index in [4.69, 9.17) is 27.9 Å². The number of benzene rings is 2. The third-order valence-electron chi connectivity index (χ3n) is 3.61. The summed E-state index contributed by atoms with van der Waals surface area (Å²) in [4.78, 5) is 29.1. The van der Waals surface area contributed by atoms with E-state index in [0.29, 0.717) is 26.9 Å². The van der Waals surface area contributed by atoms with Gasteiger partial charge in [-0.05, 0) is 30.3 Å². The van der Waals surface area contributed by atoms with E-state index in [0.717, 1.165) is 0 Å². The summed E-state index contributed by atoms with van der Waals surface area (Å²) in [6.45, 7) is 0. The standard InChI is InChI=1S/C20H14Cl2N2O3/c21-15-10-16(22)12-17(11-15)24-19(25)18(13-4-2-1-3-5-13)27-20(26)14-6-8-23-9-7-14/h1-12,18H,(H,24,25)/t18-/m1/s1. The van der Waals surface area contributed by atoms with Crippen molar-refractivity contribution in [1.82, 2.24) is 4.98 Å². The maximum atomic E-state index is 12.8. The fraction of sp³-hybridized carbons (Fsp3) is 0.0500. The Morgan fingerprint density at radius 2 is 1.56 bits per heavy atom. The van der Waals surface area contributed by atoms with Gasteiger partial charge in [0, 0.05) is 33.7 Å². The van der Waals surface area contributed by atoms with E-state index in [-0.39, 0.29) is 0 Å². The molecule has 0 bridgehead atoms. The number of ether oxygens (including phenoxy) is 1. The summed E-state index contributed by atoms with van der Waals surface area (Å²) in [7, 11) is 0. The SMILES string of the molecule is O=C(O[C@@H](C(=O)Nc1cc(Cl)cc(Cl)c1)c1ccccc1)c1ccncc1. The van der Waals surface area contributed by atoms with Gasteiger partial charge >= 0.3 is 5.97 Å². The number of rotatable bonds is 5. The normalized spacial score (nSPS) is 11.5. The van der Waals surface area contributed by atoms with Crippen LogP contribution < -0.4 is 5.32 Å². The van der Waals surface area contributed by atoms with Crippen molar-refractivity contribution in [3.8, 4) is 0 Å². The van der Waals surface area contributed by atoms with Crippen molar-refractivity contribution in [3.05, 3.63) is 94.2 Å². The van der Waals surface area contributed by atoms with Crippen molar-refractivity contribution in [3.63, 3.8) is 0 Å². The summed E-state index contributed by atoms with van der Waals surface area (Å²) in [5.41, 5.74) is 1.23. The molecule has 0 saturated carbocycles. The molecule has 2 aromatic carbocycles. The molecule has 0 aliphatic heterocycles. The molecule has 27 heavy (non-hydrogen) atoms. The molecule has 0 aliphatic carbocycles. The van der Waals surface area contributed by atoms with Crippen LogP contribution in [0.4, 0.5) is 5.69 Å². The van der Waals surface area contributed by atoms with Gasteiger partial charge in [0.25, 0.3) is 5.91 Å². The van der Waals surface area contributed by atoms with Gasteiger partial charge in [0.05, 0.1) is 5.56 Å². The Kier molecular flexibility index (Phi) is 6.06. The maximum absolute atomic E-state index is 12.8. The molecule has 7 heteroatoms. The molecule has 3 rings (SSSR count). The highest BCUT2D eigenvalue weighted by Crippen LogP contribution is 2.25. The van der Waals surface area contributed by atoms with Gasteiger partial charge in [0.1, 0.15) is 0 Å². The summed E-state index contributed by atoms with van der Waals surface area (Å²) in [5, 5.41) is 3.44. The first-order valence-corrected chi connectivity index (χ1v) is 8.71. The van der Waals surface area contributed by atoms with Gasteiger partial charge < -0.3 is 10.1 Å². The number of amides is 1. The van der Waals surface area contributed by atoms with Crippen LogP contribution in [-0.2, 0) is 9.53 Å². The van der Waals surface area contributed by atoms with E-state index in [9.17, 15) is 9.59 Å². The monoisotopic (exact) mass is 400 g/mol.